The number of esters is 1. The Hall–Kier alpha value is -2.73. The third-order valence-electron chi connectivity index (χ3n) is 5.26. The van der Waals surface area contributed by atoms with Crippen LogP contribution in [0.5, 0.6) is 17.2 Å². The van der Waals surface area contributed by atoms with Crippen LogP contribution < -0.4 is 14.2 Å². The van der Waals surface area contributed by atoms with Crippen LogP contribution >= 0.6 is 0 Å². The molecule has 28 heavy (non-hydrogen) atoms. The zero-order valence-electron chi connectivity index (χ0n) is 17.2. The number of fused-ring (bicyclic) bond motifs is 3. The van der Waals surface area contributed by atoms with Gasteiger partial charge in [-0.3, -0.25) is 0 Å². The van der Waals surface area contributed by atoms with Gasteiger partial charge in [0.05, 0.1) is 40.1 Å². The van der Waals surface area contributed by atoms with E-state index in [4.69, 9.17) is 23.7 Å². The maximum atomic E-state index is 12.2. The van der Waals surface area contributed by atoms with E-state index < -0.39 is 0 Å². The van der Waals surface area contributed by atoms with Gasteiger partial charge < -0.3 is 23.7 Å². The molecular weight excluding hydrogens is 360 g/mol. The highest BCUT2D eigenvalue weighted by Gasteiger charge is 2.31. The summed E-state index contributed by atoms with van der Waals surface area (Å²) in [5, 5.41) is 0. The predicted octanol–water partition coefficient (Wildman–Crippen LogP) is 4.11. The fraction of sp³-hybridized carbons (Fsp3) is 0.409. The molecule has 0 N–H and O–H groups in total. The second-order valence-electron chi connectivity index (χ2n) is 6.69. The third-order valence-corrected chi connectivity index (χ3v) is 5.26. The Morgan fingerprint density at radius 3 is 2.21 bits per heavy atom. The van der Waals surface area contributed by atoms with Crippen LogP contribution in [0.25, 0.3) is 11.1 Å². The minimum absolute atomic E-state index is 0.160. The summed E-state index contributed by atoms with van der Waals surface area (Å²) in [5.74, 6) is 1.41. The lowest BCUT2D eigenvalue weighted by atomic mass is 9.89. The van der Waals surface area contributed by atoms with Gasteiger partial charge in [0, 0.05) is 12.7 Å². The van der Waals surface area contributed by atoms with Crippen molar-refractivity contribution in [3.8, 4) is 28.4 Å². The van der Waals surface area contributed by atoms with Crippen molar-refractivity contribution in [3.05, 3.63) is 40.5 Å². The zero-order valence-corrected chi connectivity index (χ0v) is 17.2. The van der Waals surface area contributed by atoms with E-state index in [2.05, 4.69) is 0 Å². The molecule has 0 fully saturated rings. The zero-order chi connectivity index (χ0) is 20.4. The lowest BCUT2D eigenvalue weighted by Gasteiger charge is -2.22. The molecule has 0 aliphatic heterocycles. The maximum Gasteiger partial charge on any atom is 0.337 e. The molecule has 2 aromatic rings. The summed E-state index contributed by atoms with van der Waals surface area (Å²) in [4.78, 5) is 12.2. The van der Waals surface area contributed by atoms with Crippen molar-refractivity contribution in [2.45, 2.75) is 25.9 Å². The van der Waals surface area contributed by atoms with Crippen molar-refractivity contribution in [1.29, 1.82) is 0 Å². The van der Waals surface area contributed by atoms with E-state index in [1.54, 1.807) is 28.4 Å². The minimum Gasteiger partial charge on any atom is -0.493 e. The van der Waals surface area contributed by atoms with E-state index in [0.717, 1.165) is 40.7 Å². The van der Waals surface area contributed by atoms with Crippen molar-refractivity contribution < 1.29 is 28.5 Å². The van der Waals surface area contributed by atoms with Crippen LogP contribution in [0.4, 0.5) is 0 Å². The molecule has 6 heteroatoms. The Balaban J connectivity index is 2.39. The van der Waals surface area contributed by atoms with Crippen LogP contribution in [-0.4, -0.2) is 41.5 Å². The smallest absolute Gasteiger partial charge is 0.337 e. The predicted molar refractivity (Wildman–Crippen MR) is 106 cm³/mol. The molecule has 0 radical (unpaired) electrons. The van der Waals surface area contributed by atoms with E-state index in [1.807, 2.05) is 25.1 Å². The van der Waals surface area contributed by atoms with E-state index in [-0.39, 0.29) is 12.1 Å². The van der Waals surface area contributed by atoms with E-state index in [9.17, 15) is 4.79 Å². The summed E-state index contributed by atoms with van der Waals surface area (Å²) >= 11 is 0. The molecule has 3 rings (SSSR count). The molecule has 1 aliphatic carbocycles. The minimum atomic E-state index is -0.371. The maximum absolute atomic E-state index is 12.2. The lowest BCUT2D eigenvalue weighted by Crippen LogP contribution is -2.08. The van der Waals surface area contributed by atoms with E-state index in [1.165, 1.54) is 7.11 Å². The summed E-state index contributed by atoms with van der Waals surface area (Å²) < 4.78 is 27.6. The Labute approximate surface area is 165 Å². The summed E-state index contributed by atoms with van der Waals surface area (Å²) in [7, 11) is 7.89. The average Bonchev–Trinajstić information content (AvgIpc) is 2.87. The van der Waals surface area contributed by atoms with Gasteiger partial charge in [-0.1, -0.05) is 0 Å². The molecule has 150 valence electrons. The number of hydrogen-bond acceptors (Lipinski definition) is 6. The van der Waals surface area contributed by atoms with E-state index in [0.29, 0.717) is 22.8 Å². The largest absolute Gasteiger partial charge is 0.493 e. The van der Waals surface area contributed by atoms with Crippen molar-refractivity contribution in [1.82, 2.24) is 0 Å². The highest BCUT2D eigenvalue weighted by Crippen LogP contribution is 2.51. The number of ether oxygens (including phenoxy) is 5. The van der Waals surface area contributed by atoms with Gasteiger partial charge in [0.1, 0.15) is 0 Å². The van der Waals surface area contributed by atoms with Crippen LogP contribution in [0.2, 0.25) is 0 Å². The van der Waals surface area contributed by atoms with Crippen molar-refractivity contribution in [3.63, 3.8) is 0 Å². The number of rotatable bonds is 5. The Bertz CT molecular complexity index is 903. The average molecular weight is 386 g/mol. The molecule has 0 bridgehead atoms. The van der Waals surface area contributed by atoms with Crippen LogP contribution in [0, 0.1) is 6.92 Å². The number of aryl methyl sites for hydroxylation is 2. The van der Waals surface area contributed by atoms with E-state index >= 15 is 0 Å². The van der Waals surface area contributed by atoms with Crippen LogP contribution in [0.1, 0.15) is 39.6 Å². The molecule has 6 nitrogen and oxygen atoms in total. The number of carbonyl (C=O) groups is 1. The van der Waals surface area contributed by atoms with Crippen LogP contribution in [0.3, 0.4) is 0 Å². The standard InChI is InChI=1S/C22H26O6/c1-12-9-14(22(23)28-6)10-15-16(24-2)8-7-13-11-17(25-3)20(26-4)21(27-5)19(13)18(12)15/h9-11,16H,7-8H2,1-6H3/t16-/m0/s1. The molecular formula is C22H26O6. The lowest BCUT2D eigenvalue weighted by molar-refractivity contribution is 0.0599. The normalized spacial score (nSPS) is 15.1. The van der Waals surface area contributed by atoms with Crippen molar-refractivity contribution in [2.24, 2.45) is 0 Å². The number of methoxy groups -OCH3 is 5. The molecule has 0 saturated carbocycles. The first-order valence-electron chi connectivity index (χ1n) is 9.08. The number of benzene rings is 2. The van der Waals surface area contributed by atoms with Gasteiger partial charge in [-0.15, -0.1) is 0 Å². The summed E-state index contributed by atoms with van der Waals surface area (Å²) in [6.45, 7) is 1.98. The molecule has 0 unspecified atom stereocenters. The molecule has 0 saturated heterocycles. The van der Waals surface area contributed by atoms with Gasteiger partial charge in [0.15, 0.2) is 11.5 Å². The fourth-order valence-electron chi connectivity index (χ4n) is 4.01. The molecule has 1 aliphatic rings. The Morgan fingerprint density at radius 2 is 1.64 bits per heavy atom. The molecule has 0 aromatic heterocycles. The van der Waals surface area contributed by atoms with Gasteiger partial charge in [0.2, 0.25) is 5.75 Å². The second kappa shape index (κ2) is 8.10. The Kier molecular flexibility index (Phi) is 5.79. The fourth-order valence-corrected chi connectivity index (χ4v) is 4.01. The van der Waals surface area contributed by atoms with Gasteiger partial charge in [0.25, 0.3) is 0 Å². The molecule has 1 atom stereocenters. The number of carbonyl (C=O) groups excluding carboxylic acids is 1. The van der Waals surface area contributed by atoms with Crippen molar-refractivity contribution >= 4 is 5.97 Å². The first-order valence-corrected chi connectivity index (χ1v) is 9.08. The molecule has 0 spiro atoms. The monoisotopic (exact) mass is 386 g/mol. The van der Waals surface area contributed by atoms with Crippen LogP contribution in [0.15, 0.2) is 18.2 Å². The SMILES string of the molecule is COC(=O)c1cc(C)c2c(c1)[C@@H](OC)CCc1cc(OC)c(OC)c(OC)c1-2. The summed E-state index contributed by atoms with van der Waals surface area (Å²) in [5.41, 5.74) is 5.40. The van der Waals surface area contributed by atoms with Crippen molar-refractivity contribution in [2.75, 3.05) is 35.5 Å². The van der Waals surface area contributed by atoms with Gasteiger partial charge in [-0.25, -0.2) is 4.79 Å². The highest BCUT2D eigenvalue weighted by molar-refractivity contribution is 5.93. The first kappa shape index (κ1) is 20.0. The molecule has 2 aromatic carbocycles. The van der Waals surface area contributed by atoms with Gasteiger partial charge in [-0.05, 0) is 60.2 Å². The quantitative estimate of drug-likeness (QED) is 0.721. The first-order chi connectivity index (χ1) is 13.5. The molecule has 0 amide bonds. The van der Waals surface area contributed by atoms with Gasteiger partial charge in [-0.2, -0.15) is 0 Å². The topological polar surface area (TPSA) is 63.2 Å². The second-order valence-corrected chi connectivity index (χ2v) is 6.69. The van der Waals surface area contributed by atoms with Crippen LogP contribution in [-0.2, 0) is 15.9 Å². The summed E-state index contributed by atoms with van der Waals surface area (Å²) in [6, 6.07) is 5.68. The highest BCUT2D eigenvalue weighted by atomic mass is 16.5. The number of hydrogen-bond donors (Lipinski definition) is 0. The van der Waals surface area contributed by atoms with Gasteiger partial charge >= 0.3 is 5.97 Å². The molecule has 0 heterocycles. The third kappa shape index (κ3) is 3.18. The summed E-state index contributed by atoms with van der Waals surface area (Å²) in [6.07, 6.45) is 1.37. The Morgan fingerprint density at radius 1 is 0.929 bits per heavy atom.